The fourth-order valence-electron chi connectivity index (χ4n) is 1.82. The van der Waals surface area contributed by atoms with Crippen LogP contribution in [0.25, 0.3) is 0 Å². The van der Waals surface area contributed by atoms with E-state index in [-0.39, 0.29) is 11.3 Å². The highest BCUT2D eigenvalue weighted by molar-refractivity contribution is 5.94. The van der Waals surface area contributed by atoms with E-state index in [1.807, 2.05) is 30.3 Å². The average Bonchev–Trinajstić information content (AvgIpc) is 2.40. The molecule has 2 aromatic carbocycles. The second-order valence-electron chi connectivity index (χ2n) is 4.43. The molecule has 0 fully saturated rings. The Morgan fingerprint density at radius 3 is 2.53 bits per heavy atom. The summed E-state index contributed by atoms with van der Waals surface area (Å²) in [7, 11) is 0. The Morgan fingerprint density at radius 2 is 1.89 bits per heavy atom. The van der Waals surface area contributed by atoms with Gasteiger partial charge in [0, 0.05) is 6.07 Å². The van der Waals surface area contributed by atoms with Gasteiger partial charge in [0.05, 0.1) is 5.56 Å². The van der Waals surface area contributed by atoms with Crippen LogP contribution < -0.4 is 4.74 Å². The van der Waals surface area contributed by atoms with Crippen LogP contribution in [0.15, 0.2) is 42.5 Å². The molecule has 0 bridgehead atoms. The molecule has 2 nitrogen and oxygen atoms in total. The zero-order chi connectivity index (χ0) is 13.8. The molecule has 0 radical (unpaired) electrons. The number of carbonyl (C=O) groups is 1. The second-order valence-corrected chi connectivity index (χ2v) is 4.43. The number of hydrogen-bond acceptors (Lipinski definition) is 2. The van der Waals surface area contributed by atoms with E-state index >= 15 is 0 Å². The highest BCUT2D eigenvalue weighted by Crippen LogP contribution is 2.23. The predicted molar refractivity (Wildman–Crippen MR) is 71.9 cm³/mol. The van der Waals surface area contributed by atoms with Crippen LogP contribution in [-0.4, -0.2) is 5.78 Å². The smallest absolute Gasteiger partial charge is 0.162 e. The topological polar surface area (TPSA) is 26.3 Å². The van der Waals surface area contributed by atoms with E-state index < -0.39 is 5.82 Å². The van der Waals surface area contributed by atoms with Crippen LogP contribution in [-0.2, 0) is 6.61 Å². The van der Waals surface area contributed by atoms with Crippen LogP contribution in [0, 0.1) is 12.7 Å². The third kappa shape index (κ3) is 3.19. The van der Waals surface area contributed by atoms with Crippen molar-refractivity contribution >= 4 is 5.78 Å². The molecule has 0 atom stereocenters. The van der Waals surface area contributed by atoms with Crippen molar-refractivity contribution in [1.29, 1.82) is 0 Å². The van der Waals surface area contributed by atoms with Gasteiger partial charge in [0.15, 0.2) is 5.78 Å². The minimum Gasteiger partial charge on any atom is -0.489 e. The maximum absolute atomic E-state index is 13.7. The average molecular weight is 258 g/mol. The molecule has 0 heterocycles. The summed E-state index contributed by atoms with van der Waals surface area (Å²) in [6, 6.07) is 12.4. The Balaban J connectivity index is 2.17. The van der Waals surface area contributed by atoms with Crippen LogP contribution in [0.4, 0.5) is 4.39 Å². The lowest BCUT2D eigenvalue weighted by Gasteiger charge is -2.11. The summed E-state index contributed by atoms with van der Waals surface area (Å²) in [6.45, 7) is 3.52. The van der Waals surface area contributed by atoms with Crippen LogP contribution in [0.3, 0.4) is 0 Å². The van der Waals surface area contributed by atoms with Crippen molar-refractivity contribution in [2.75, 3.05) is 0 Å². The Morgan fingerprint density at radius 1 is 1.21 bits per heavy atom. The van der Waals surface area contributed by atoms with Gasteiger partial charge in [0.1, 0.15) is 18.2 Å². The zero-order valence-corrected chi connectivity index (χ0v) is 10.9. The Kier molecular flexibility index (Phi) is 3.95. The van der Waals surface area contributed by atoms with Crippen molar-refractivity contribution in [3.63, 3.8) is 0 Å². The van der Waals surface area contributed by atoms with Gasteiger partial charge in [-0.2, -0.15) is 0 Å². The van der Waals surface area contributed by atoms with Gasteiger partial charge in [-0.25, -0.2) is 4.39 Å². The SMILES string of the molecule is CC(=O)c1cc(C)c(OCc2ccccc2)cc1F. The molecule has 0 saturated carbocycles. The lowest BCUT2D eigenvalue weighted by molar-refractivity contribution is 0.101. The van der Waals surface area contributed by atoms with Crippen molar-refractivity contribution in [2.24, 2.45) is 0 Å². The number of ether oxygens (including phenoxy) is 1. The third-order valence-electron chi connectivity index (χ3n) is 2.88. The maximum atomic E-state index is 13.7. The number of rotatable bonds is 4. The van der Waals surface area contributed by atoms with Crippen molar-refractivity contribution in [3.8, 4) is 5.75 Å². The summed E-state index contributed by atoms with van der Waals surface area (Å²) in [5.74, 6) is -0.359. The van der Waals surface area contributed by atoms with Gasteiger partial charge < -0.3 is 4.74 Å². The van der Waals surface area contributed by atoms with Crippen molar-refractivity contribution in [3.05, 3.63) is 65.0 Å². The molecule has 2 aromatic rings. The van der Waals surface area contributed by atoms with Gasteiger partial charge in [-0.1, -0.05) is 30.3 Å². The van der Waals surface area contributed by atoms with Gasteiger partial charge in [-0.15, -0.1) is 0 Å². The van der Waals surface area contributed by atoms with E-state index in [9.17, 15) is 9.18 Å². The van der Waals surface area contributed by atoms with Gasteiger partial charge in [0.25, 0.3) is 0 Å². The first-order valence-corrected chi connectivity index (χ1v) is 6.05. The first-order valence-electron chi connectivity index (χ1n) is 6.05. The molecule has 0 amide bonds. The molecule has 0 aliphatic rings. The summed E-state index contributed by atoms with van der Waals surface area (Å²) in [5.41, 5.74) is 1.87. The summed E-state index contributed by atoms with van der Waals surface area (Å²) < 4.78 is 19.3. The highest BCUT2D eigenvalue weighted by atomic mass is 19.1. The van der Waals surface area contributed by atoms with Crippen LogP contribution in [0.1, 0.15) is 28.4 Å². The molecular weight excluding hydrogens is 243 g/mol. The largest absolute Gasteiger partial charge is 0.489 e. The summed E-state index contributed by atoms with van der Waals surface area (Å²) in [5, 5.41) is 0. The summed E-state index contributed by atoms with van der Waals surface area (Å²) in [4.78, 5) is 11.2. The highest BCUT2D eigenvalue weighted by Gasteiger charge is 2.11. The number of ketones is 1. The lowest BCUT2D eigenvalue weighted by Crippen LogP contribution is -2.02. The van der Waals surface area contributed by atoms with Crippen LogP contribution >= 0.6 is 0 Å². The molecule has 19 heavy (non-hydrogen) atoms. The van der Waals surface area contributed by atoms with Crippen LogP contribution in [0.2, 0.25) is 0 Å². The van der Waals surface area contributed by atoms with E-state index in [1.165, 1.54) is 19.1 Å². The standard InChI is InChI=1S/C16H15FO2/c1-11-8-14(12(2)18)15(17)9-16(11)19-10-13-6-4-3-5-7-13/h3-9H,10H2,1-2H3. The first-order chi connectivity index (χ1) is 9.08. The molecule has 3 heteroatoms. The van der Waals surface area contributed by atoms with E-state index in [2.05, 4.69) is 0 Å². The number of Topliss-reactive ketones (excluding diaryl/α,β-unsaturated/α-hetero) is 1. The van der Waals surface area contributed by atoms with Crippen LogP contribution in [0.5, 0.6) is 5.75 Å². The first kappa shape index (κ1) is 13.3. The Bertz CT molecular complexity index is 591. The summed E-state index contributed by atoms with van der Waals surface area (Å²) in [6.07, 6.45) is 0. The number of halogens is 1. The third-order valence-corrected chi connectivity index (χ3v) is 2.88. The minimum atomic E-state index is -0.541. The van der Waals surface area contributed by atoms with Crippen molar-refractivity contribution < 1.29 is 13.9 Å². The molecule has 0 aliphatic carbocycles. The van der Waals surface area contributed by atoms with E-state index in [4.69, 9.17) is 4.74 Å². The molecule has 98 valence electrons. The van der Waals surface area contributed by atoms with Gasteiger partial charge in [0.2, 0.25) is 0 Å². The van der Waals surface area contributed by atoms with Gasteiger partial charge >= 0.3 is 0 Å². The summed E-state index contributed by atoms with van der Waals surface area (Å²) >= 11 is 0. The molecule has 0 aromatic heterocycles. The molecule has 0 unspecified atom stereocenters. The Hall–Kier alpha value is -2.16. The molecule has 0 N–H and O–H groups in total. The van der Waals surface area contributed by atoms with Gasteiger partial charge in [-0.3, -0.25) is 4.79 Å². The normalized spacial score (nSPS) is 10.3. The Labute approximate surface area is 111 Å². The number of aryl methyl sites for hydroxylation is 1. The predicted octanol–water partition coefficient (Wildman–Crippen LogP) is 3.92. The number of benzene rings is 2. The van der Waals surface area contributed by atoms with Crippen molar-refractivity contribution in [2.45, 2.75) is 20.5 Å². The van der Waals surface area contributed by atoms with E-state index in [0.717, 1.165) is 11.1 Å². The number of hydrogen-bond donors (Lipinski definition) is 0. The van der Waals surface area contributed by atoms with E-state index in [0.29, 0.717) is 12.4 Å². The molecule has 0 saturated heterocycles. The molecule has 2 rings (SSSR count). The van der Waals surface area contributed by atoms with Gasteiger partial charge in [-0.05, 0) is 31.0 Å². The quantitative estimate of drug-likeness (QED) is 0.777. The molecule has 0 spiro atoms. The lowest BCUT2D eigenvalue weighted by atomic mass is 10.1. The van der Waals surface area contributed by atoms with Crippen molar-refractivity contribution in [1.82, 2.24) is 0 Å². The fourth-order valence-corrected chi connectivity index (χ4v) is 1.82. The second kappa shape index (κ2) is 5.65. The zero-order valence-electron chi connectivity index (χ0n) is 10.9. The minimum absolute atomic E-state index is 0.101. The fraction of sp³-hybridized carbons (Fsp3) is 0.188. The monoisotopic (exact) mass is 258 g/mol. The molecule has 0 aliphatic heterocycles. The number of carbonyl (C=O) groups excluding carboxylic acids is 1. The molecular formula is C16H15FO2. The van der Waals surface area contributed by atoms with E-state index in [1.54, 1.807) is 6.92 Å². The maximum Gasteiger partial charge on any atom is 0.162 e.